The van der Waals surface area contributed by atoms with Gasteiger partial charge in [-0.25, -0.2) is 14.2 Å². The fraction of sp³-hybridized carbons (Fsp3) is 0.0667. The molecule has 3 aromatic rings. The average Bonchev–Trinajstić information content (AvgIpc) is 2.83. The molecule has 0 aliphatic rings. The number of benzene rings is 2. The van der Waals surface area contributed by atoms with E-state index < -0.39 is 17.7 Å². The largest absolute Gasteiger partial charge is 0.457 e. The summed E-state index contributed by atoms with van der Waals surface area (Å²) in [5.41, 5.74) is 3.33. The Bertz CT molecular complexity index is 783. The molecule has 3 N–H and O–H groups in total. The molecule has 0 fully saturated rings. The van der Waals surface area contributed by atoms with Crippen molar-refractivity contribution in [3.05, 3.63) is 70.4 Å². The monoisotopic (exact) mass is 308 g/mol. The Hall–Kier alpha value is -1.95. The molecule has 0 radical (unpaired) electrons. The van der Waals surface area contributed by atoms with Crippen molar-refractivity contribution < 1.29 is 13.2 Å². The molecule has 21 heavy (non-hydrogen) atoms. The molecule has 1 atom stereocenters. The van der Waals surface area contributed by atoms with Gasteiger partial charge in [-0.05, 0) is 29.8 Å². The summed E-state index contributed by atoms with van der Waals surface area (Å²) in [5.74, 6) is 4.57. The molecule has 0 aliphatic carbocycles. The normalized spacial score (nSPS) is 12.8. The third-order valence-electron chi connectivity index (χ3n) is 3.18. The second-order valence-corrected chi connectivity index (χ2v) is 5.02. The number of nitrogens with two attached hydrogens (primary N) is 1. The Kier molecular flexibility index (Phi) is 3.63. The molecule has 0 saturated carbocycles. The van der Waals surface area contributed by atoms with Crippen molar-refractivity contribution in [3.8, 4) is 0 Å². The number of furan rings is 1. The minimum Gasteiger partial charge on any atom is -0.457 e. The first-order valence-corrected chi connectivity index (χ1v) is 6.56. The fourth-order valence-electron chi connectivity index (χ4n) is 2.27. The van der Waals surface area contributed by atoms with Gasteiger partial charge in [0.05, 0.1) is 5.02 Å². The van der Waals surface area contributed by atoms with E-state index in [9.17, 15) is 8.78 Å². The van der Waals surface area contributed by atoms with E-state index in [2.05, 4.69) is 5.43 Å². The number of para-hydroxylation sites is 1. The molecule has 1 unspecified atom stereocenters. The third-order valence-corrected chi connectivity index (χ3v) is 3.48. The summed E-state index contributed by atoms with van der Waals surface area (Å²) in [4.78, 5) is 0. The molecule has 6 heteroatoms. The van der Waals surface area contributed by atoms with Crippen molar-refractivity contribution in [1.29, 1.82) is 0 Å². The summed E-state index contributed by atoms with van der Waals surface area (Å²) < 4.78 is 32.4. The molecule has 1 aromatic heterocycles. The molecule has 0 bridgehead atoms. The lowest BCUT2D eigenvalue weighted by molar-refractivity contribution is 0.473. The number of nitrogens with one attached hydrogen (secondary N) is 1. The van der Waals surface area contributed by atoms with Gasteiger partial charge in [0.25, 0.3) is 0 Å². The first kappa shape index (κ1) is 14.0. The van der Waals surface area contributed by atoms with Gasteiger partial charge in [0, 0.05) is 11.5 Å². The maximum Gasteiger partial charge on any atom is 0.152 e. The van der Waals surface area contributed by atoms with Gasteiger partial charge >= 0.3 is 0 Å². The fourth-order valence-corrected chi connectivity index (χ4v) is 2.49. The highest BCUT2D eigenvalue weighted by Crippen LogP contribution is 2.32. The lowest BCUT2D eigenvalue weighted by atomic mass is 10.0. The van der Waals surface area contributed by atoms with Gasteiger partial charge in [-0.1, -0.05) is 23.7 Å². The van der Waals surface area contributed by atoms with E-state index in [1.807, 2.05) is 6.07 Å². The molecule has 3 rings (SSSR count). The Morgan fingerprint density at radius 3 is 2.43 bits per heavy atom. The Morgan fingerprint density at radius 1 is 1.10 bits per heavy atom. The molecule has 108 valence electrons. The van der Waals surface area contributed by atoms with Crippen LogP contribution in [0.25, 0.3) is 11.0 Å². The van der Waals surface area contributed by atoms with Gasteiger partial charge in [-0.15, -0.1) is 0 Å². The summed E-state index contributed by atoms with van der Waals surface area (Å²) in [6, 6.07) is 9.55. The Labute approximate surface area is 124 Å². The highest BCUT2D eigenvalue weighted by Gasteiger charge is 2.19. The molecular formula is C15H11ClF2N2O. The number of fused-ring (bicyclic) bond motifs is 1. The van der Waals surface area contributed by atoms with Gasteiger partial charge in [0.1, 0.15) is 23.4 Å². The predicted molar refractivity (Wildman–Crippen MR) is 76.7 cm³/mol. The zero-order chi connectivity index (χ0) is 15.0. The maximum absolute atomic E-state index is 13.3. The van der Waals surface area contributed by atoms with E-state index in [-0.39, 0.29) is 0 Å². The van der Waals surface area contributed by atoms with E-state index >= 15 is 0 Å². The van der Waals surface area contributed by atoms with Crippen molar-refractivity contribution >= 4 is 22.6 Å². The third kappa shape index (κ3) is 2.63. The standard InChI is InChI=1S/C15H11ClF2N2O/c16-12-3-1-2-8-6-13(21-15(8)12)14(20-19)9-4-10(17)7-11(18)5-9/h1-7,14,20H,19H2. The van der Waals surface area contributed by atoms with Crippen LogP contribution in [0, 0.1) is 11.6 Å². The molecule has 1 heterocycles. The van der Waals surface area contributed by atoms with Crippen LogP contribution in [0.1, 0.15) is 17.4 Å². The van der Waals surface area contributed by atoms with E-state index in [0.29, 0.717) is 21.9 Å². The smallest absolute Gasteiger partial charge is 0.152 e. The van der Waals surface area contributed by atoms with Gasteiger partial charge in [-0.3, -0.25) is 5.84 Å². The van der Waals surface area contributed by atoms with Gasteiger partial charge < -0.3 is 4.42 Å². The molecule has 3 nitrogen and oxygen atoms in total. The molecular weight excluding hydrogens is 298 g/mol. The van der Waals surface area contributed by atoms with Crippen LogP contribution in [0.5, 0.6) is 0 Å². The number of hydrazine groups is 1. The SMILES string of the molecule is NNC(c1cc(F)cc(F)c1)c1cc2cccc(Cl)c2o1. The topological polar surface area (TPSA) is 51.2 Å². The zero-order valence-electron chi connectivity index (χ0n) is 10.7. The summed E-state index contributed by atoms with van der Waals surface area (Å²) in [7, 11) is 0. The maximum atomic E-state index is 13.3. The molecule has 0 aliphatic heterocycles. The second-order valence-electron chi connectivity index (χ2n) is 4.61. The highest BCUT2D eigenvalue weighted by molar-refractivity contribution is 6.34. The van der Waals surface area contributed by atoms with Crippen LogP contribution in [-0.2, 0) is 0 Å². The van der Waals surface area contributed by atoms with Gasteiger partial charge in [0.15, 0.2) is 5.58 Å². The van der Waals surface area contributed by atoms with E-state index in [1.54, 1.807) is 18.2 Å². The summed E-state index contributed by atoms with van der Waals surface area (Å²) >= 11 is 6.05. The van der Waals surface area contributed by atoms with Crippen LogP contribution < -0.4 is 11.3 Å². The zero-order valence-corrected chi connectivity index (χ0v) is 11.5. The first-order valence-electron chi connectivity index (χ1n) is 6.18. The van der Waals surface area contributed by atoms with Crippen LogP contribution in [-0.4, -0.2) is 0 Å². The van der Waals surface area contributed by atoms with Gasteiger partial charge in [-0.2, -0.15) is 0 Å². The minimum atomic E-state index is -0.682. The molecule has 0 spiro atoms. The average molecular weight is 309 g/mol. The number of halogens is 3. The number of hydrogen-bond donors (Lipinski definition) is 2. The van der Waals surface area contributed by atoms with Crippen molar-refractivity contribution in [2.75, 3.05) is 0 Å². The van der Waals surface area contributed by atoms with Crippen LogP contribution >= 0.6 is 11.6 Å². The first-order chi connectivity index (χ1) is 10.1. The summed E-state index contributed by atoms with van der Waals surface area (Å²) in [6.45, 7) is 0. The van der Waals surface area contributed by atoms with Crippen LogP contribution in [0.3, 0.4) is 0 Å². The van der Waals surface area contributed by atoms with E-state index in [0.717, 1.165) is 11.5 Å². The van der Waals surface area contributed by atoms with E-state index in [1.165, 1.54) is 12.1 Å². The lowest BCUT2D eigenvalue weighted by Crippen LogP contribution is -2.28. The van der Waals surface area contributed by atoms with E-state index in [4.69, 9.17) is 21.9 Å². The molecule has 2 aromatic carbocycles. The Balaban J connectivity index is 2.11. The summed E-state index contributed by atoms with van der Waals surface area (Å²) in [5, 5.41) is 1.24. The predicted octanol–water partition coefficient (Wildman–Crippen LogP) is 3.92. The van der Waals surface area contributed by atoms with Crippen LogP contribution in [0.2, 0.25) is 5.02 Å². The van der Waals surface area contributed by atoms with Crippen LogP contribution in [0.4, 0.5) is 8.78 Å². The minimum absolute atomic E-state index is 0.324. The quantitative estimate of drug-likeness (QED) is 0.569. The van der Waals surface area contributed by atoms with Crippen molar-refractivity contribution in [2.45, 2.75) is 6.04 Å². The molecule has 0 amide bonds. The highest BCUT2D eigenvalue weighted by atomic mass is 35.5. The van der Waals surface area contributed by atoms with Crippen molar-refractivity contribution in [3.63, 3.8) is 0 Å². The second kappa shape index (κ2) is 5.44. The number of hydrogen-bond acceptors (Lipinski definition) is 3. The van der Waals surface area contributed by atoms with Crippen LogP contribution in [0.15, 0.2) is 46.9 Å². The molecule has 0 saturated heterocycles. The van der Waals surface area contributed by atoms with Crippen molar-refractivity contribution in [1.82, 2.24) is 5.43 Å². The van der Waals surface area contributed by atoms with Crippen molar-refractivity contribution in [2.24, 2.45) is 5.84 Å². The summed E-state index contributed by atoms with van der Waals surface area (Å²) in [6.07, 6.45) is 0. The Morgan fingerprint density at radius 2 is 1.81 bits per heavy atom. The van der Waals surface area contributed by atoms with Gasteiger partial charge in [0.2, 0.25) is 0 Å². The lowest BCUT2D eigenvalue weighted by Gasteiger charge is -2.13. The number of rotatable bonds is 3.